The summed E-state index contributed by atoms with van der Waals surface area (Å²) in [6.07, 6.45) is 7.43. The Kier molecular flexibility index (Phi) is 4.40. The maximum Gasteiger partial charge on any atom is 0.223 e. The molecule has 3 N–H and O–H groups in total. The van der Waals surface area contributed by atoms with Gasteiger partial charge in [0.15, 0.2) is 0 Å². The lowest BCUT2D eigenvalue weighted by molar-refractivity contribution is -0.127. The summed E-state index contributed by atoms with van der Waals surface area (Å²) in [5, 5.41) is 3.15. The van der Waals surface area contributed by atoms with Crippen molar-refractivity contribution < 1.29 is 9.53 Å². The summed E-state index contributed by atoms with van der Waals surface area (Å²) < 4.78 is 5.39. The Morgan fingerprint density at radius 2 is 2.00 bits per heavy atom. The Hall–Kier alpha value is -0.610. The summed E-state index contributed by atoms with van der Waals surface area (Å²) in [7, 11) is 1.73. The van der Waals surface area contributed by atoms with Crippen molar-refractivity contribution in [3.8, 4) is 0 Å². The van der Waals surface area contributed by atoms with Crippen LogP contribution in [-0.4, -0.2) is 31.2 Å². The molecule has 0 aromatic rings. The molecule has 2 saturated carbocycles. The van der Waals surface area contributed by atoms with E-state index < -0.39 is 0 Å². The van der Waals surface area contributed by atoms with Gasteiger partial charge in [-0.15, -0.1) is 0 Å². The number of hydrogen-bond donors (Lipinski definition) is 2. The van der Waals surface area contributed by atoms with Gasteiger partial charge in [-0.25, -0.2) is 0 Å². The fraction of sp³-hybridized carbons (Fsp3) is 0.923. The number of carbonyl (C=O) groups is 1. The summed E-state index contributed by atoms with van der Waals surface area (Å²) in [5.41, 5.74) is 5.92. The van der Waals surface area contributed by atoms with Gasteiger partial charge in [0.1, 0.15) is 0 Å². The molecule has 0 aromatic heterocycles. The first-order chi connectivity index (χ1) is 8.20. The Bertz CT molecular complexity index is 270. The third-order valence-electron chi connectivity index (χ3n) is 4.17. The number of hydrogen-bond acceptors (Lipinski definition) is 3. The van der Waals surface area contributed by atoms with E-state index in [-0.39, 0.29) is 30.0 Å². The molecule has 2 aliphatic carbocycles. The molecule has 2 fully saturated rings. The van der Waals surface area contributed by atoms with E-state index in [1.807, 2.05) is 0 Å². The second-order valence-electron chi connectivity index (χ2n) is 5.44. The van der Waals surface area contributed by atoms with Gasteiger partial charge < -0.3 is 15.8 Å². The highest BCUT2D eigenvalue weighted by Gasteiger charge is 2.32. The second-order valence-corrected chi connectivity index (χ2v) is 5.44. The zero-order valence-electron chi connectivity index (χ0n) is 10.7. The zero-order valence-corrected chi connectivity index (χ0v) is 10.7. The molecule has 4 nitrogen and oxygen atoms in total. The zero-order chi connectivity index (χ0) is 12.3. The molecule has 2 rings (SSSR count). The summed E-state index contributed by atoms with van der Waals surface area (Å²) in [6.45, 7) is 0. The fourth-order valence-electron chi connectivity index (χ4n) is 3.14. The number of ether oxygens (including phenoxy) is 1. The van der Waals surface area contributed by atoms with Crippen LogP contribution < -0.4 is 11.1 Å². The van der Waals surface area contributed by atoms with Gasteiger partial charge in [0, 0.05) is 19.1 Å². The largest absolute Gasteiger partial charge is 0.379 e. The lowest BCUT2D eigenvalue weighted by Gasteiger charge is -2.28. The molecule has 17 heavy (non-hydrogen) atoms. The van der Waals surface area contributed by atoms with Gasteiger partial charge in [-0.3, -0.25) is 4.79 Å². The molecular weight excluding hydrogens is 216 g/mol. The second kappa shape index (κ2) is 5.83. The molecule has 4 unspecified atom stereocenters. The Morgan fingerprint density at radius 3 is 2.71 bits per heavy atom. The molecular formula is C13H24N2O2. The Balaban J connectivity index is 1.83. The van der Waals surface area contributed by atoms with E-state index in [0.717, 1.165) is 44.9 Å². The lowest BCUT2D eigenvalue weighted by Crippen LogP contribution is -2.45. The maximum absolute atomic E-state index is 12.1. The molecule has 0 aliphatic heterocycles. The van der Waals surface area contributed by atoms with E-state index in [2.05, 4.69) is 5.32 Å². The van der Waals surface area contributed by atoms with Crippen LogP contribution in [0.25, 0.3) is 0 Å². The molecule has 4 atom stereocenters. The van der Waals surface area contributed by atoms with Crippen molar-refractivity contribution in [2.24, 2.45) is 11.7 Å². The third-order valence-corrected chi connectivity index (χ3v) is 4.17. The number of carbonyl (C=O) groups excluding carboxylic acids is 1. The van der Waals surface area contributed by atoms with Gasteiger partial charge in [0.25, 0.3) is 0 Å². The highest BCUT2D eigenvalue weighted by molar-refractivity contribution is 5.79. The molecule has 0 aromatic carbocycles. The van der Waals surface area contributed by atoms with E-state index in [1.165, 1.54) is 0 Å². The third kappa shape index (κ3) is 3.19. The van der Waals surface area contributed by atoms with Crippen LogP contribution in [-0.2, 0) is 9.53 Å². The van der Waals surface area contributed by atoms with Crippen LogP contribution in [0.3, 0.4) is 0 Å². The number of amides is 1. The maximum atomic E-state index is 12.1. The van der Waals surface area contributed by atoms with Crippen molar-refractivity contribution in [2.75, 3.05) is 7.11 Å². The summed E-state index contributed by atoms with van der Waals surface area (Å²) in [6, 6.07) is 0.423. The van der Waals surface area contributed by atoms with Crippen molar-refractivity contribution in [1.29, 1.82) is 0 Å². The molecule has 0 spiro atoms. The average Bonchev–Trinajstić information content (AvgIpc) is 2.76. The van der Waals surface area contributed by atoms with Crippen LogP contribution in [0.4, 0.5) is 0 Å². The predicted octanol–water partition coefficient (Wildman–Crippen LogP) is 1.19. The number of nitrogens with two attached hydrogens (primary N) is 1. The smallest absolute Gasteiger partial charge is 0.223 e. The van der Waals surface area contributed by atoms with Crippen LogP contribution in [0, 0.1) is 5.92 Å². The molecule has 0 heterocycles. The quantitative estimate of drug-likeness (QED) is 0.779. The van der Waals surface area contributed by atoms with Crippen molar-refractivity contribution in [2.45, 2.75) is 63.1 Å². The highest BCUT2D eigenvalue weighted by atomic mass is 16.5. The molecule has 0 bridgehead atoms. The first-order valence-electron chi connectivity index (χ1n) is 6.79. The summed E-state index contributed by atoms with van der Waals surface area (Å²) in [4.78, 5) is 12.1. The first-order valence-corrected chi connectivity index (χ1v) is 6.79. The minimum atomic E-state index is 0.122. The van der Waals surface area contributed by atoms with Crippen molar-refractivity contribution >= 4 is 5.91 Å². The van der Waals surface area contributed by atoms with Crippen LogP contribution in [0.1, 0.15) is 44.9 Å². The van der Waals surface area contributed by atoms with E-state index in [4.69, 9.17) is 10.5 Å². The minimum absolute atomic E-state index is 0.122. The van der Waals surface area contributed by atoms with Gasteiger partial charge in [-0.2, -0.15) is 0 Å². The van der Waals surface area contributed by atoms with Crippen LogP contribution in [0.5, 0.6) is 0 Å². The topological polar surface area (TPSA) is 64.3 Å². The van der Waals surface area contributed by atoms with Gasteiger partial charge in [0.05, 0.1) is 12.1 Å². The summed E-state index contributed by atoms with van der Waals surface area (Å²) >= 11 is 0. The van der Waals surface area contributed by atoms with Crippen molar-refractivity contribution in [3.63, 3.8) is 0 Å². The predicted molar refractivity (Wildman–Crippen MR) is 66.5 cm³/mol. The van der Waals surface area contributed by atoms with Gasteiger partial charge in [-0.05, 0) is 38.5 Å². The molecule has 1 amide bonds. The lowest BCUT2D eigenvalue weighted by atomic mass is 9.85. The molecule has 98 valence electrons. The Labute approximate surface area is 103 Å². The minimum Gasteiger partial charge on any atom is -0.379 e. The number of rotatable bonds is 3. The number of nitrogens with one attached hydrogen (secondary N) is 1. The summed E-state index contributed by atoms with van der Waals surface area (Å²) in [5.74, 6) is 0.311. The normalized spacial score (nSPS) is 38.0. The van der Waals surface area contributed by atoms with Gasteiger partial charge >= 0.3 is 0 Å². The standard InChI is InChI=1S/C13H24N2O2/c1-17-12-7-3-6-11(12)15-13(16)9-4-2-5-10(14)8-9/h9-12H,2-8,14H2,1H3,(H,15,16). The first kappa shape index (κ1) is 12.8. The van der Waals surface area contributed by atoms with E-state index in [0.29, 0.717) is 0 Å². The average molecular weight is 240 g/mol. The molecule has 0 radical (unpaired) electrons. The molecule has 4 heteroatoms. The Morgan fingerprint density at radius 1 is 1.24 bits per heavy atom. The van der Waals surface area contributed by atoms with Crippen molar-refractivity contribution in [1.82, 2.24) is 5.32 Å². The van der Waals surface area contributed by atoms with E-state index >= 15 is 0 Å². The molecule has 2 aliphatic rings. The van der Waals surface area contributed by atoms with E-state index in [9.17, 15) is 4.79 Å². The SMILES string of the molecule is COC1CCCC1NC(=O)C1CCCC(N)C1. The van der Waals surface area contributed by atoms with Crippen LogP contribution >= 0.6 is 0 Å². The highest BCUT2D eigenvalue weighted by Crippen LogP contribution is 2.26. The molecule has 0 saturated heterocycles. The van der Waals surface area contributed by atoms with Gasteiger partial charge in [0.2, 0.25) is 5.91 Å². The fourth-order valence-corrected chi connectivity index (χ4v) is 3.14. The van der Waals surface area contributed by atoms with Crippen LogP contribution in [0.15, 0.2) is 0 Å². The van der Waals surface area contributed by atoms with Crippen molar-refractivity contribution in [3.05, 3.63) is 0 Å². The van der Waals surface area contributed by atoms with Crippen LogP contribution in [0.2, 0.25) is 0 Å². The monoisotopic (exact) mass is 240 g/mol. The van der Waals surface area contributed by atoms with E-state index in [1.54, 1.807) is 7.11 Å². The number of methoxy groups -OCH3 is 1. The van der Waals surface area contributed by atoms with Gasteiger partial charge in [-0.1, -0.05) is 6.42 Å².